The van der Waals surface area contributed by atoms with Crippen molar-refractivity contribution in [1.82, 2.24) is 0 Å². The maximum atomic E-state index is 13.8. The predicted molar refractivity (Wildman–Crippen MR) is 57.3 cm³/mol. The summed E-state index contributed by atoms with van der Waals surface area (Å²) in [5.41, 5.74) is 0. The van der Waals surface area contributed by atoms with Crippen LogP contribution in [-0.4, -0.2) is 56.9 Å². The third-order valence-corrected chi connectivity index (χ3v) is 3.72. The van der Waals surface area contributed by atoms with Crippen LogP contribution in [0.2, 0.25) is 0 Å². The van der Waals surface area contributed by atoms with Gasteiger partial charge in [0.05, 0.1) is 0 Å². The fourth-order valence-corrected chi connectivity index (χ4v) is 2.02. The molecule has 0 aliphatic heterocycles. The molecule has 0 aromatic heterocycles. The van der Waals surface area contributed by atoms with Crippen LogP contribution in [0.15, 0.2) is 0 Å². The van der Waals surface area contributed by atoms with Crippen LogP contribution < -0.4 is 0 Å². The Hall–Kier alpha value is -1.04. The summed E-state index contributed by atoms with van der Waals surface area (Å²) in [4.78, 5) is 0. The van der Waals surface area contributed by atoms with Gasteiger partial charge in [0.2, 0.25) is 0 Å². The zero-order chi connectivity index (χ0) is 22.3. The molecule has 4 nitrogen and oxygen atoms in total. The van der Waals surface area contributed by atoms with Gasteiger partial charge < -0.3 is 9.47 Å². The molecular weight excluding hydrogens is 451 g/mol. The van der Waals surface area contributed by atoms with E-state index in [4.69, 9.17) is 0 Å². The van der Waals surface area contributed by atoms with E-state index in [2.05, 4.69) is 9.47 Å². The smallest absolute Gasteiger partial charge is 0.338 e. The molecule has 1 atom stereocenters. The van der Waals surface area contributed by atoms with Crippen LogP contribution in [0.4, 0.5) is 56.6 Å². The van der Waals surface area contributed by atoms with Gasteiger partial charge in [-0.25, -0.2) is 4.39 Å². The lowest BCUT2D eigenvalue weighted by Gasteiger charge is -2.44. The van der Waals surface area contributed by atoms with Crippen LogP contribution in [0, 0.1) is 0 Å². The number of alkyl halides is 12. The lowest BCUT2D eigenvalue weighted by atomic mass is 9.95. The normalized spacial score (nSPS) is 17.7. The summed E-state index contributed by atoms with van der Waals surface area (Å²) in [6.07, 6.45) is -6.96. The third-order valence-electron chi connectivity index (χ3n) is 2.85. The molecule has 0 fully saturated rings. The van der Waals surface area contributed by atoms with E-state index in [-0.39, 0.29) is 0 Å². The molecule has 0 N–H and O–H groups in total. The minimum absolute atomic E-state index is 0.384. The van der Waals surface area contributed by atoms with Crippen LogP contribution in [0.5, 0.6) is 0 Å². The summed E-state index contributed by atoms with van der Waals surface area (Å²) in [5.74, 6) is -29.8. The van der Waals surface area contributed by atoms with Gasteiger partial charge >= 0.3 is 45.2 Å². The molecule has 0 radical (unpaired) electrons. The fourth-order valence-electron chi connectivity index (χ4n) is 1.58. The molecule has 0 spiro atoms. The Balaban J connectivity index is 6.90. The SMILES string of the molecule is CCOC(OCF)(C(F)(F)F)C(F)(F)C(F)(F)C(F)(F)C(F)(F)S(=O)(=O)F. The highest BCUT2D eigenvalue weighted by Crippen LogP contribution is 2.60. The molecular formula is C9H7F13O4S. The highest BCUT2D eigenvalue weighted by molar-refractivity contribution is 7.87. The summed E-state index contributed by atoms with van der Waals surface area (Å²) in [5, 5.41) is -7.62. The number of hydrogen-bond acceptors (Lipinski definition) is 4. The van der Waals surface area contributed by atoms with Crippen molar-refractivity contribution in [2.45, 2.75) is 41.9 Å². The molecule has 27 heavy (non-hydrogen) atoms. The maximum absolute atomic E-state index is 13.8. The molecule has 1 unspecified atom stereocenters. The maximum Gasteiger partial charge on any atom is 0.450 e. The van der Waals surface area contributed by atoms with Gasteiger partial charge in [-0.2, -0.15) is 56.7 Å². The Bertz CT molecular complexity index is 620. The zero-order valence-corrected chi connectivity index (χ0v) is 13.2. The Morgan fingerprint density at radius 1 is 0.741 bits per heavy atom. The van der Waals surface area contributed by atoms with Crippen molar-refractivity contribution in [1.29, 1.82) is 0 Å². The van der Waals surface area contributed by atoms with Crippen LogP contribution in [0.3, 0.4) is 0 Å². The molecule has 0 saturated heterocycles. The van der Waals surface area contributed by atoms with E-state index in [0.29, 0.717) is 6.92 Å². The first-order valence-electron chi connectivity index (χ1n) is 5.98. The van der Waals surface area contributed by atoms with E-state index in [1.165, 1.54) is 0 Å². The number of hydrogen-bond donors (Lipinski definition) is 0. The molecule has 0 aromatic carbocycles. The molecule has 0 saturated carbocycles. The van der Waals surface area contributed by atoms with Gasteiger partial charge in [0.1, 0.15) is 0 Å². The van der Waals surface area contributed by atoms with Crippen molar-refractivity contribution in [3.63, 3.8) is 0 Å². The van der Waals surface area contributed by atoms with E-state index in [1.807, 2.05) is 0 Å². The van der Waals surface area contributed by atoms with Crippen molar-refractivity contribution in [2.75, 3.05) is 13.5 Å². The number of halogens is 13. The van der Waals surface area contributed by atoms with Gasteiger partial charge in [0.15, 0.2) is 6.86 Å². The van der Waals surface area contributed by atoms with Crippen molar-refractivity contribution in [2.24, 2.45) is 0 Å². The van der Waals surface area contributed by atoms with Gasteiger partial charge in [-0.1, -0.05) is 3.89 Å². The second-order valence-corrected chi connectivity index (χ2v) is 5.87. The number of rotatable bonds is 9. The molecule has 0 aliphatic carbocycles. The molecule has 0 heterocycles. The van der Waals surface area contributed by atoms with E-state index in [0.717, 1.165) is 0 Å². The highest BCUT2D eigenvalue weighted by atomic mass is 32.3. The first-order chi connectivity index (χ1) is 11.6. The molecule has 0 bridgehead atoms. The minimum atomic E-state index is -8.04. The standard InChI is InChI=1S/C9H7F13O4S/c1-2-25-7(26-3-10,8(17,18)19)5(13,14)4(11,12)6(15,16)9(20,21)27(22,23)24/h2-3H2,1H3. The van der Waals surface area contributed by atoms with Crippen LogP contribution in [0.1, 0.15) is 6.92 Å². The predicted octanol–water partition coefficient (Wildman–Crippen LogP) is 4.02. The summed E-state index contributed by atoms with van der Waals surface area (Å²) < 4.78 is 195. The molecule has 164 valence electrons. The Kier molecular flexibility index (Phi) is 6.82. The Labute approximate surface area is 141 Å². The first kappa shape index (κ1) is 26.0. The summed E-state index contributed by atoms with van der Waals surface area (Å²) >= 11 is 0. The summed E-state index contributed by atoms with van der Waals surface area (Å²) in [6.45, 7) is -4.32. The Morgan fingerprint density at radius 2 is 1.15 bits per heavy atom. The highest BCUT2D eigenvalue weighted by Gasteiger charge is 2.92. The van der Waals surface area contributed by atoms with Gasteiger partial charge in [0.25, 0.3) is 0 Å². The topological polar surface area (TPSA) is 52.6 Å². The number of ether oxygens (including phenoxy) is 2. The van der Waals surface area contributed by atoms with Crippen LogP contribution in [-0.2, 0) is 19.7 Å². The van der Waals surface area contributed by atoms with Crippen LogP contribution in [0.25, 0.3) is 0 Å². The second kappa shape index (κ2) is 7.09. The van der Waals surface area contributed by atoms with E-state index in [9.17, 15) is 65.0 Å². The average molecular weight is 458 g/mol. The lowest BCUT2D eigenvalue weighted by molar-refractivity contribution is -0.492. The molecule has 0 aromatic rings. The third kappa shape index (κ3) is 3.54. The fraction of sp³-hybridized carbons (Fsp3) is 1.00. The van der Waals surface area contributed by atoms with E-state index in [1.54, 1.807) is 0 Å². The van der Waals surface area contributed by atoms with Gasteiger partial charge in [0, 0.05) is 6.61 Å². The van der Waals surface area contributed by atoms with Crippen molar-refractivity contribution >= 4 is 10.2 Å². The first-order valence-corrected chi connectivity index (χ1v) is 7.36. The molecule has 18 heteroatoms. The van der Waals surface area contributed by atoms with Gasteiger partial charge in [-0.15, -0.1) is 0 Å². The van der Waals surface area contributed by atoms with Crippen molar-refractivity contribution in [3.8, 4) is 0 Å². The quantitative estimate of drug-likeness (QED) is 0.298. The molecule has 0 aliphatic rings. The average Bonchev–Trinajstić information content (AvgIpc) is 2.43. The van der Waals surface area contributed by atoms with E-state index >= 15 is 0 Å². The summed E-state index contributed by atoms with van der Waals surface area (Å²) in [6, 6.07) is 0. The lowest BCUT2D eigenvalue weighted by Crippen LogP contribution is -2.75. The van der Waals surface area contributed by atoms with Gasteiger partial charge in [-0.05, 0) is 6.92 Å². The molecule has 0 amide bonds. The van der Waals surface area contributed by atoms with E-state index < -0.39 is 58.7 Å². The summed E-state index contributed by atoms with van der Waals surface area (Å²) in [7, 11) is -8.04. The second-order valence-electron chi connectivity index (χ2n) is 4.48. The minimum Gasteiger partial charge on any atom is -0.338 e. The zero-order valence-electron chi connectivity index (χ0n) is 12.4. The van der Waals surface area contributed by atoms with Crippen molar-refractivity contribution in [3.05, 3.63) is 0 Å². The monoisotopic (exact) mass is 458 g/mol. The Morgan fingerprint density at radius 3 is 1.41 bits per heavy atom. The van der Waals surface area contributed by atoms with Crippen molar-refractivity contribution < 1.29 is 74.5 Å². The van der Waals surface area contributed by atoms with Crippen LogP contribution >= 0.6 is 0 Å². The largest absolute Gasteiger partial charge is 0.450 e. The van der Waals surface area contributed by atoms with Gasteiger partial charge in [-0.3, -0.25) is 0 Å². The molecule has 0 rings (SSSR count).